The number of rotatable bonds is 11. The number of amides is 3. The highest BCUT2D eigenvalue weighted by atomic mass is 16.6. The summed E-state index contributed by atoms with van der Waals surface area (Å²) in [6.07, 6.45) is -0.886. The molecule has 3 aromatic carbocycles. The summed E-state index contributed by atoms with van der Waals surface area (Å²) in [6, 6.07) is 21.6. The number of nitro groups is 1. The zero-order valence-corrected chi connectivity index (χ0v) is 19.3. The number of carbonyl (C=O) groups is 3. The van der Waals surface area contributed by atoms with Crippen LogP contribution < -0.4 is 16.4 Å². The number of nitrogens with one attached hydrogen (secondary N) is 2. The Morgan fingerprint density at radius 1 is 0.806 bits per heavy atom. The molecule has 3 rings (SSSR count). The van der Waals surface area contributed by atoms with Crippen LogP contribution in [0.2, 0.25) is 0 Å². The van der Waals surface area contributed by atoms with Crippen molar-refractivity contribution in [2.75, 3.05) is 0 Å². The largest absolute Gasteiger partial charge is 0.445 e. The number of alkyl carbamates (subject to hydrolysis) is 1. The van der Waals surface area contributed by atoms with Gasteiger partial charge in [-0.2, -0.15) is 0 Å². The first-order valence-electron chi connectivity index (χ1n) is 11.2. The molecule has 0 aliphatic rings. The maximum Gasteiger partial charge on any atom is 0.408 e. The number of nitro benzene ring substituents is 1. The predicted molar refractivity (Wildman–Crippen MR) is 132 cm³/mol. The lowest BCUT2D eigenvalue weighted by Gasteiger charge is -2.22. The lowest BCUT2D eigenvalue weighted by atomic mass is 10.0. The number of para-hydroxylation sites is 1. The van der Waals surface area contributed by atoms with Gasteiger partial charge in [0, 0.05) is 24.5 Å². The van der Waals surface area contributed by atoms with Gasteiger partial charge in [-0.3, -0.25) is 19.7 Å². The van der Waals surface area contributed by atoms with E-state index in [0.717, 1.165) is 11.1 Å². The lowest BCUT2D eigenvalue weighted by Crippen LogP contribution is -2.54. The number of nitrogens with two attached hydrogens (primary N) is 1. The number of benzene rings is 3. The third-order valence-corrected chi connectivity index (χ3v) is 5.38. The molecule has 0 bridgehead atoms. The van der Waals surface area contributed by atoms with Crippen LogP contribution in [0.1, 0.15) is 16.7 Å². The molecule has 10 heteroatoms. The maximum absolute atomic E-state index is 13.2. The van der Waals surface area contributed by atoms with Crippen molar-refractivity contribution in [1.82, 2.24) is 10.6 Å². The van der Waals surface area contributed by atoms with Crippen molar-refractivity contribution >= 4 is 23.6 Å². The minimum absolute atomic E-state index is 0.00787. The van der Waals surface area contributed by atoms with Crippen molar-refractivity contribution < 1.29 is 24.0 Å². The third kappa shape index (κ3) is 7.66. The fourth-order valence-corrected chi connectivity index (χ4v) is 3.54. The van der Waals surface area contributed by atoms with Gasteiger partial charge in [0.25, 0.3) is 5.69 Å². The van der Waals surface area contributed by atoms with Crippen LogP contribution in [0, 0.1) is 10.1 Å². The number of nitrogens with zero attached hydrogens (tertiary/aromatic N) is 1. The molecule has 3 amide bonds. The summed E-state index contributed by atoms with van der Waals surface area (Å²) in [6.45, 7) is 0.00787. The van der Waals surface area contributed by atoms with Crippen LogP contribution in [0.15, 0.2) is 84.9 Å². The average Bonchev–Trinajstić information content (AvgIpc) is 2.88. The minimum Gasteiger partial charge on any atom is -0.445 e. The number of ether oxygens (including phenoxy) is 1. The van der Waals surface area contributed by atoms with Gasteiger partial charge in [0.2, 0.25) is 11.8 Å². The molecule has 0 radical (unpaired) electrons. The molecule has 0 aliphatic carbocycles. The fourth-order valence-electron chi connectivity index (χ4n) is 3.54. The Morgan fingerprint density at radius 2 is 1.39 bits per heavy atom. The molecule has 0 fully saturated rings. The van der Waals surface area contributed by atoms with Gasteiger partial charge in [0.15, 0.2) is 0 Å². The van der Waals surface area contributed by atoms with E-state index < -0.39 is 34.9 Å². The molecule has 2 atom stereocenters. The summed E-state index contributed by atoms with van der Waals surface area (Å²) in [5.41, 5.74) is 7.07. The first-order valence-corrected chi connectivity index (χ1v) is 11.2. The van der Waals surface area contributed by atoms with Gasteiger partial charge in [-0.05, 0) is 11.1 Å². The topological polar surface area (TPSA) is 154 Å². The van der Waals surface area contributed by atoms with E-state index in [1.807, 2.05) is 24.3 Å². The van der Waals surface area contributed by atoms with Gasteiger partial charge in [0.05, 0.1) is 4.92 Å². The van der Waals surface area contributed by atoms with Crippen LogP contribution in [0.4, 0.5) is 10.5 Å². The van der Waals surface area contributed by atoms with Crippen molar-refractivity contribution in [2.24, 2.45) is 5.73 Å². The van der Waals surface area contributed by atoms with Crippen LogP contribution in [-0.4, -0.2) is 34.9 Å². The van der Waals surface area contributed by atoms with E-state index in [2.05, 4.69) is 10.6 Å². The summed E-state index contributed by atoms with van der Waals surface area (Å²) in [5, 5.41) is 16.4. The van der Waals surface area contributed by atoms with Gasteiger partial charge in [-0.15, -0.1) is 0 Å². The van der Waals surface area contributed by atoms with Crippen LogP contribution >= 0.6 is 0 Å². The quantitative estimate of drug-likeness (QED) is 0.277. The van der Waals surface area contributed by atoms with E-state index in [1.54, 1.807) is 42.5 Å². The lowest BCUT2D eigenvalue weighted by molar-refractivity contribution is -0.385. The number of hydrogen-bond donors (Lipinski definition) is 3. The summed E-state index contributed by atoms with van der Waals surface area (Å²) in [7, 11) is 0. The molecule has 0 aromatic heterocycles. The predicted octanol–water partition coefficient (Wildman–Crippen LogP) is 2.65. The number of hydrogen-bond acceptors (Lipinski definition) is 6. The third-order valence-electron chi connectivity index (χ3n) is 5.38. The SMILES string of the molecule is NC(=O)[C@H](Cc1ccccc1[N+](=O)[O-])NC(=O)[C@@H](Cc1ccccc1)NC(=O)OCc1ccccc1. The monoisotopic (exact) mass is 490 g/mol. The first-order chi connectivity index (χ1) is 17.3. The highest BCUT2D eigenvalue weighted by Gasteiger charge is 2.28. The molecule has 0 unspecified atom stereocenters. The van der Waals surface area contributed by atoms with E-state index in [9.17, 15) is 24.5 Å². The molecular weight excluding hydrogens is 464 g/mol. The first kappa shape index (κ1) is 25.9. The Labute approximate surface area is 207 Å². The molecule has 0 saturated heterocycles. The zero-order chi connectivity index (χ0) is 25.9. The molecule has 0 heterocycles. The maximum atomic E-state index is 13.2. The smallest absolute Gasteiger partial charge is 0.408 e. The second-order valence-corrected chi connectivity index (χ2v) is 8.00. The van der Waals surface area contributed by atoms with Crippen LogP contribution in [0.5, 0.6) is 0 Å². The van der Waals surface area contributed by atoms with Gasteiger partial charge in [-0.25, -0.2) is 4.79 Å². The van der Waals surface area contributed by atoms with Crippen LogP contribution in [0.25, 0.3) is 0 Å². The molecule has 0 saturated carbocycles. The molecule has 3 aromatic rings. The Kier molecular flexibility index (Phi) is 9.10. The van der Waals surface area contributed by atoms with Gasteiger partial charge >= 0.3 is 6.09 Å². The molecule has 10 nitrogen and oxygen atoms in total. The summed E-state index contributed by atoms with van der Waals surface area (Å²) >= 11 is 0. The normalized spacial score (nSPS) is 12.1. The van der Waals surface area contributed by atoms with E-state index in [1.165, 1.54) is 18.2 Å². The second kappa shape index (κ2) is 12.7. The minimum atomic E-state index is -1.24. The Balaban J connectivity index is 1.73. The standard InChI is InChI=1S/C26H26N4O6/c27-24(31)21(16-20-13-7-8-14-23(20)30(34)35)28-25(32)22(15-18-9-3-1-4-10-18)29-26(33)36-17-19-11-5-2-6-12-19/h1-14,21-22H,15-17H2,(H2,27,31)(H,28,32)(H,29,33)/t21-,22+/m0/s1. The van der Waals surface area contributed by atoms with Crippen molar-refractivity contribution in [3.63, 3.8) is 0 Å². The van der Waals surface area contributed by atoms with Crippen LogP contribution in [-0.2, 0) is 33.8 Å². The van der Waals surface area contributed by atoms with Crippen molar-refractivity contribution in [3.05, 3.63) is 112 Å². The fraction of sp³-hybridized carbons (Fsp3) is 0.192. The summed E-state index contributed by atoms with van der Waals surface area (Å²) in [4.78, 5) is 48.5. The van der Waals surface area contributed by atoms with E-state index in [0.29, 0.717) is 0 Å². The highest BCUT2D eigenvalue weighted by Crippen LogP contribution is 2.19. The van der Waals surface area contributed by atoms with Crippen molar-refractivity contribution in [3.8, 4) is 0 Å². The molecule has 186 valence electrons. The molecular formula is C26H26N4O6. The Morgan fingerprint density at radius 3 is 2.00 bits per heavy atom. The molecule has 0 spiro atoms. The Bertz CT molecular complexity index is 1200. The van der Waals surface area contributed by atoms with Gasteiger partial charge < -0.3 is 21.1 Å². The number of primary amides is 1. The molecule has 0 aliphatic heterocycles. The summed E-state index contributed by atoms with van der Waals surface area (Å²) < 4.78 is 5.24. The average molecular weight is 491 g/mol. The van der Waals surface area contributed by atoms with Gasteiger partial charge in [-0.1, -0.05) is 78.9 Å². The summed E-state index contributed by atoms with van der Waals surface area (Å²) in [5.74, 6) is -1.55. The van der Waals surface area contributed by atoms with E-state index >= 15 is 0 Å². The highest BCUT2D eigenvalue weighted by molar-refractivity contribution is 5.91. The molecule has 36 heavy (non-hydrogen) atoms. The Hall–Kier alpha value is -4.73. The van der Waals surface area contributed by atoms with Crippen molar-refractivity contribution in [2.45, 2.75) is 31.5 Å². The van der Waals surface area contributed by atoms with E-state index in [4.69, 9.17) is 10.5 Å². The van der Waals surface area contributed by atoms with Crippen molar-refractivity contribution in [1.29, 1.82) is 0 Å². The van der Waals surface area contributed by atoms with Crippen LogP contribution in [0.3, 0.4) is 0 Å². The number of carbonyl (C=O) groups excluding carboxylic acids is 3. The van der Waals surface area contributed by atoms with E-state index in [-0.39, 0.29) is 30.7 Å². The zero-order valence-electron chi connectivity index (χ0n) is 19.3. The van der Waals surface area contributed by atoms with Gasteiger partial charge in [0.1, 0.15) is 18.7 Å². The molecule has 4 N–H and O–H groups in total. The second-order valence-electron chi connectivity index (χ2n) is 8.00.